The molecule has 0 aliphatic carbocycles. The first-order valence-electron chi connectivity index (χ1n) is 8.83. The number of hydrogen-bond acceptors (Lipinski definition) is 6. The molecule has 8 nitrogen and oxygen atoms in total. The molecule has 3 N–H and O–H groups in total. The second-order valence-corrected chi connectivity index (χ2v) is 6.26. The molecule has 0 unspecified atom stereocenters. The van der Waals surface area contributed by atoms with Crippen LogP contribution in [0.2, 0.25) is 0 Å². The maximum absolute atomic E-state index is 12.7. The van der Waals surface area contributed by atoms with Crippen LogP contribution in [0.15, 0.2) is 47.3 Å². The number of aromatic amines is 1. The number of carbonyl (C=O) groups is 1. The molecular formula is C21H21N3O5. The van der Waals surface area contributed by atoms with Gasteiger partial charge in [0, 0.05) is 17.7 Å². The average molecular weight is 395 g/mol. The van der Waals surface area contributed by atoms with Gasteiger partial charge >= 0.3 is 0 Å². The van der Waals surface area contributed by atoms with E-state index in [1.54, 1.807) is 30.3 Å². The lowest BCUT2D eigenvalue weighted by Crippen LogP contribution is -2.27. The number of ether oxygens (including phenoxy) is 2. The van der Waals surface area contributed by atoms with Crippen molar-refractivity contribution in [3.63, 3.8) is 0 Å². The molecular weight excluding hydrogens is 374 g/mol. The smallest absolute Gasteiger partial charge is 0.294 e. The van der Waals surface area contributed by atoms with Gasteiger partial charge in [0.25, 0.3) is 11.5 Å². The molecule has 1 aromatic heterocycles. The summed E-state index contributed by atoms with van der Waals surface area (Å²) in [6.45, 7) is 1.95. The number of para-hydroxylation sites is 1. The summed E-state index contributed by atoms with van der Waals surface area (Å²) in [6, 6.07) is 12.6. The number of benzene rings is 2. The lowest BCUT2D eigenvalue weighted by Gasteiger charge is -2.13. The Morgan fingerprint density at radius 2 is 1.90 bits per heavy atom. The summed E-state index contributed by atoms with van der Waals surface area (Å²) in [5.74, 6) is -0.210. The van der Waals surface area contributed by atoms with Gasteiger partial charge in [-0.05, 0) is 18.6 Å². The fourth-order valence-corrected chi connectivity index (χ4v) is 2.94. The molecule has 0 aliphatic rings. The van der Waals surface area contributed by atoms with E-state index in [4.69, 9.17) is 9.47 Å². The van der Waals surface area contributed by atoms with Crippen molar-refractivity contribution in [2.45, 2.75) is 13.5 Å². The van der Waals surface area contributed by atoms with E-state index in [1.165, 1.54) is 14.2 Å². The molecule has 29 heavy (non-hydrogen) atoms. The quantitative estimate of drug-likeness (QED) is 0.591. The third-order valence-electron chi connectivity index (χ3n) is 4.43. The first kappa shape index (κ1) is 19.9. The minimum Gasteiger partial charge on any atom is -0.501 e. The Kier molecular flexibility index (Phi) is 5.82. The largest absolute Gasteiger partial charge is 0.501 e. The third-order valence-corrected chi connectivity index (χ3v) is 4.43. The van der Waals surface area contributed by atoms with Gasteiger partial charge in [0.15, 0.2) is 17.2 Å². The SMILES string of the molecule is COc1cccc(CNC(=O)c2nc(-c3ccccc3C)[nH]c(=O)c2O)c1OC. The summed E-state index contributed by atoms with van der Waals surface area (Å²) < 4.78 is 10.6. The van der Waals surface area contributed by atoms with Crippen LogP contribution in [0.4, 0.5) is 0 Å². The van der Waals surface area contributed by atoms with E-state index < -0.39 is 17.2 Å². The summed E-state index contributed by atoms with van der Waals surface area (Å²) in [7, 11) is 3.02. The summed E-state index contributed by atoms with van der Waals surface area (Å²) in [6.07, 6.45) is 0. The fraction of sp³-hybridized carbons (Fsp3) is 0.190. The molecule has 150 valence electrons. The second kappa shape index (κ2) is 8.47. The van der Waals surface area contributed by atoms with Gasteiger partial charge in [0.1, 0.15) is 5.82 Å². The maximum Gasteiger partial charge on any atom is 0.294 e. The number of rotatable bonds is 6. The zero-order valence-corrected chi connectivity index (χ0v) is 16.3. The number of aromatic nitrogens is 2. The molecule has 8 heteroatoms. The lowest BCUT2D eigenvalue weighted by atomic mass is 10.1. The van der Waals surface area contributed by atoms with Crippen LogP contribution >= 0.6 is 0 Å². The minimum atomic E-state index is -0.789. The van der Waals surface area contributed by atoms with E-state index in [9.17, 15) is 14.7 Å². The number of nitrogens with one attached hydrogen (secondary N) is 2. The van der Waals surface area contributed by atoms with Gasteiger partial charge in [-0.1, -0.05) is 36.4 Å². The number of aryl methyl sites for hydroxylation is 1. The van der Waals surface area contributed by atoms with E-state index in [-0.39, 0.29) is 18.1 Å². The normalized spacial score (nSPS) is 10.4. The van der Waals surface area contributed by atoms with Gasteiger partial charge in [-0.2, -0.15) is 0 Å². The predicted octanol–water partition coefficient (Wildman–Crippen LogP) is 2.40. The van der Waals surface area contributed by atoms with Gasteiger partial charge in [-0.3, -0.25) is 9.59 Å². The van der Waals surface area contributed by atoms with Crippen molar-refractivity contribution in [1.82, 2.24) is 15.3 Å². The number of nitrogens with zero attached hydrogens (tertiary/aromatic N) is 1. The average Bonchev–Trinajstić information content (AvgIpc) is 2.73. The summed E-state index contributed by atoms with van der Waals surface area (Å²) >= 11 is 0. The Hall–Kier alpha value is -3.81. The number of aromatic hydroxyl groups is 1. The van der Waals surface area contributed by atoms with Gasteiger partial charge in [0.2, 0.25) is 5.75 Å². The summed E-state index contributed by atoms with van der Waals surface area (Å²) in [4.78, 5) is 31.5. The number of H-pyrrole nitrogens is 1. The van der Waals surface area contributed by atoms with Crippen LogP contribution in [0.25, 0.3) is 11.4 Å². The Labute approximate surface area is 167 Å². The van der Waals surface area contributed by atoms with Crippen molar-refractivity contribution in [2.75, 3.05) is 14.2 Å². The summed E-state index contributed by atoms with van der Waals surface area (Å²) in [5, 5.41) is 12.7. The Bertz CT molecular complexity index is 1110. The molecule has 0 radical (unpaired) electrons. The first-order chi connectivity index (χ1) is 14.0. The van der Waals surface area contributed by atoms with E-state index in [0.717, 1.165) is 5.56 Å². The highest BCUT2D eigenvalue weighted by molar-refractivity contribution is 5.95. The molecule has 1 amide bonds. The molecule has 0 fully saturated rings. The topological polar surface area (TPSA) is 114 Å². The first-order valence-corrected chi connectivity index (χ1v) is 8.83. The highest BCUT2D eigenvalue weighted by Crippen LogP contribution is 2.30. The standard InChI is InChI=1S/C21H21N3O5/c1-12-7-4-5-9-14(12)19-23-16(17(25)21(27)24-19)20(26)22-11-13-8-6-10-15(28-2)18(13)29-3/h4-10,25H,11H2,1-3H3,(H,22,26)(H,23,24,27). The van der Waals surface area contributed by atoms with Crippen LogP contribution in [0, 0.1) is 6.92 Å². The third kappa shape index (κ3) is 4.06. The Balaban J connectivity index is 1.91. The number of hydrogen-bond donors (Lipinski definition) is 3. The minimum absolute atomic E-state index is 0.0901. The van der Waals surface area contributed by atoms with Crippen LogP contribution in [0.1, 0.15) is 21.6 Å². The number of carbonyl (C=O) groups excluding carboxylic acids is 1. The van der Waals surface area contributed by atoms with Crippen molar-refractivity contribution >= 4 is 5.91 Å². The lowest BCUT2D eigenvalue weighted by molar-refractivity contribution is 0.0942. The zero-order valence-electron chi connectivity index (χ0n) is 16.3. The molecule has 2 aromatic carbocycles. The zero-order chi connectivity index (χ0) is 21.0. The van der Waals surface area contributed by atoms with E-state index >= 15 is 0 Å². The van der Waals surface area contributed by atoms with Crippen molar-refractivity contribution in [1.29, 1.82) is 0 Å². The highest BCUT2D eigenvalue weighted by Gasteiger charge is 2.20. The van der Waals surface area contributed by atoms with E-state index in [2.05, 4.69) is 15.3 Å². The van der Waals surface area contributed by atoms with Crippen LogP contribution < -0.4 is 20.3 Å². The van der Waals surface area contributed by atoms with Crippen molar-refractivity contribution < 1.29 is 19.4 Å². The number of methoxy groups -OCH3 is 2. The molecule has 0 spiro atoms. The second-order valence-electron chi connectivity index (χ2n) is 6.26. The predicted molar refractivity (Wildman–Crippen MR) is 107 cm³/mol. The Morgan fingerprint density at radius 1 is 1.14 bits per heavy atom. The van der Waals surface area contributed by atoms with Crippen LogP contribution in [0.3, 0.4) is 0 Å². The molecule has 1 heterocycles. The highest BCUT2D eigenvalue weighted by atomic mass is 16.5. The monoisotopic (exact) mass is 395 g/mol. The number of amides is 1. The molecule has 3 aromatic rings. The van der Waals surface area contributed by atoms with Crippen molar-refractivity contribution in [3.8, 4) is 28.6 Å². The summed E-state index contributed by atoms with van der Waals surface area (Å²) in [5.41, 5.74) is 1.06. The molecule has 0 aliphatic heterocycles. The Morgan fingerprint density at radius 3 is 2.59 bits per heavy atom. The van der Waals surface area contributed by atoms with Gasteiger partial charge in [-0.25, -0.2) is 4.98 Å². The van der Waals surface area contributed by atoms with Crippen molar-refractivity contribution in [2.24, 2.45) is 0 Å². The van der Waals surface area contributed by atoms with E-state index in [1.807, 2.05) is 19.1 Å². The molecule has 3 rings (SSSR count). The molecule has 0 bridgehead atoms. The van der Waals surface area contributed by atoms with Crippen LogP contribution in [-0.4, -0.2) is 35.2 Å². The van der Waals surface area contributed by atoms with Gasteiger partial charge in [0.05, 0.1) is 14.2 Å². The molecule has 0 atom stereocenters. The molecule has 0 saturated carbocycles. The fourth-order valence-electron chi connectivity index (χ4n) is 2.94. The van der Waals surface area contributed by atoms with Gasteiger partial charge < -0.3 is 24.9 Å². The molecule has 0 saturated heterocycles. The van der Waals surface area contributed by atoms with E-state index in [0.29, 0.717) is 22.6 Å². The van der Waals surface area contributed by atoms with Crippen LogP contribution in [0.5, 0.6) is 17.2 Å². The van der Waals surface area contributed by atoms with Crippen LogP contribution in [-0.2, 0) is 6.54 Å². The van der Waals surface area contributed by atoms with Crippen molar-refractivity contribution in [3.05, 3.63) is 69.6 Å². The van der Waals surface area contributed by atoms with Gasteiger partial charge in [-0.15, -0.1) is 0 Å². The maximum atomic E-state index is 12.7.